The summed E-state index contributed by atoms with van der Waals surface area (Å²) in [5, 5.41) is -0.393. The number of hydrogen-bond donors (Lipinski definition) is 0. The quantitative estimate of drug-likeness (QED) is 0.667. The van der Waals surface area contributed by atoms with Crippen LogP contribution in [0.5, 0.6) is 0 Å². The van der Waals surface area contributed by atoms with Crippen molar-refractivity contribution >= 4 is 16.7 Å². The lowest BCUT2D eigenvalue weighted by atomic mass is 10.2. The molecule has 0 aliphatic carbocycles. The number of ketones is 1. The molecule has 2 aromatic rings. The molecule has 0 saturated heterocycles. The van der Waals surface area contributed by atoms with Crippen molar-refractivity contribution in [3.63, 3.8) is 0 Å². The number of halogens is 2. The lowest BCUT2D eigenvalue weighted by Crippen LogP contribution is -2.00. The zero-order valence-corrected chi connectivity index (χ0v) is 7.77. The van der Waals surface area contributed by atoms with E-state index in [0.717, 1.165) is 10.6 Å². The molecule has 15 heavy (non-hydrogen) atoms. The van der Waals surface area contributed by atoms with Crippen molar-refractivity contribution in [2.45, 2.75) is 6.85 Å². The van der Waals surface area contributed by atoms with E-state index in [9.17, 15) is 13.6 Å². The molecule has 0 atom stereocenters. The van der Waals surface area contributed by atoms with E-state index in [-0.39, 0.29) is 5.52 Å². The SMILES string of the molecule is [2H]c1c(C(=O)C([2H])([2H])[2H])n(C)c2ccc(F)c(F)c12. The summed E-state index contributed by atoms with van der Waals surface area (Å²) in [4.78, 5) is 11.8. The van der Waals surface area contributed by atoms with Crippen molar-refractivity contribution in [3.8, 4) is 0 Å². The van der Waals surface area contributed by atoms with Gasteiger partial charge in [-0.3, -0.25) is 4.79 Å². The molecule has 78 valence electrons. The zero-order valence-electron chi connectivity index (χ0n) is 11.8. The van der Waals surface area contributed by atoms with Crippen LogP contribution in [0.3, 0.4) is 0 Å². The number of fused-ring (bicyclic) bond motifs is 1. The average molecular weight is 213 g/mol. The third kappa shape index (κ3) is 1.33. The minimum Gasteiger partial charge on any atom is -0.341 e. The first-order chi connectivity index (χ1) is 8.66. The van der Waals surface area contributed by atoms with Crippen LogP contribution < -0.4 is 0 Å². The molecule has 4 heteroatoms. The number of aryl methyl sites for hydroxylation is 1. The number of benzene rings is 1. The topological polar surface area (TPSA) is 22.0 Å². The van der Waals surface area contributed by atoms with Gasteiger partial charge in [-0.15, -0.1) is 0 Å². The Balaban J connectivity index is 2.85. The largest absolute Gasteiger partial charge is 0.341 e. The summed E-state index contributed by atoms with van der Waals surface area (Å²) in [7, 11) is 1.33. The summed E-state index contributed by atoms with van der Waals surface area (Å²) in [6.07, 6.45) is 0. The van der Waals surface area contributed by atoms with E-state index in [1.807, 2.05) is 0 Å². The Morgan fingerprint density at radius 2 is 2.27 bits per heavy atom. The van der Waals surface area contributed by atoms with Crippen molar-refractivity contribution in [1.29, 1.82) is 0 Å². The second kappa shape index (κ2) is 3.15. The number of hydrogen-bond acceptors (Lipinski definition) is 1. The van der Waals surface area contributed by atoms with Crippen molar-refractivity contribution in [3.05, 3.63) is 35.5 Å². The molecular formula is C11H9F2NO. The van der Waals surface area contributed by atoms with Gasteiger partial charge in [-0.05, 0) is 18.2 Å². The first-order valence-electron chi connectivity index (χ1n) is 6.14. The zero-order chi connectivity index (χ0) is 14.5. The Bertz CT molecular complexity index is 690. The lowest BCUT2D eigenvalue weighted by Gasteiger charge is -1.99. The van der Waals surface area contributed by atoms with Gasteiger partial charge >= 0.3 is 0 Å². The van der Waals surface area contributed by atoms with E-state index in [4.69, 9.17) is 5.48 Å². The maximum atomic E-state index is 13.7. The van der Waals surface area contributed by atoms with E-state index in [0.29, 0.717) is 0 Å². The smallest absolute Gasteiger partial charge is 0.176 e. The number of aromatic nitrogens is 1. The summed E-state index contributed by atoms with van der Waals surface area (Å²) in [5.74, 6) is -3.68. The maximum absolute atomic E-state index is 13.7. The molecule has 0 aliphatic rings. The molecule has 2 nitrogen and oxygen atoms in total. The van der Waals surface area contributed by atoms with Gasteiger partial charge in [-0.2, -0.15) is 0 Å². The Morgan fingerprint density at radius 3 is 2.93 bits per heavy atom. The van der Waals surface area contributed by atoms with Crippen LogP contribution in [0.2, 0.25) is 0 Å². The van der Waals surface area contributed by atoms with Gasteiger partial charge in [0.2, 0.25) is 0 Å². The van der Waals surface area contributed by atoms with Crippen LogP contribution in [0.4, 0.5) is 8.78 Å². The van der Waals surface area contributed by atoms with Gasteiger partial charge in [0.05, 0.1) is 12.6 Å². The molecule has 0 radical (unpaired) electrons. The number of rotatable bonds is 1. The fraction of sp³-hybridized carbons (Fsp3) is 0.182. The molecule has 2 rings (SSSR count). The second-order valence-corrected chi connectivity index (χ2v) is 3.12. The predicted octanol–water partition coefficient (Wildman–Crippen LogP) is 2.66. The van der Waals surface area contributed by atoms with Crippen LogP contribution in [0.1, 0.15) is 22.8 Å². The second-order valence-electron chi connectivity index (χ2n) is 3.12. The van der Waals surface area contributed by atoms with Gasteiger partial charge in [0.25, 0.3) is 0 Å². The molecule has 0 amide bonds. The van der Waals surface area contributed by atoms with Gasteiger partial charge in [0.15, 0.2) is 17.4 Å². The summed E-state index contributed by atoms with van der Waals surface area (Å²) < 4.78 is 56.8. The fourth-order valence-corrected chi connectivity index (χ4v) is 1.47. The molecular weight excluding hydrogens is 200 g/mol. The summed E-state index contributed by atoms with van der Waals surface area (Å²) in [6.45, 7) is -2.94. The molecule has 0 spiro atoms. The Hall–Kier alpha value is -1.71. The number of carbonyl (C=O) groups is 1. The van der Waals surface area contributed by atoms with Gasteiger partial charge < -0.3 is 4.57 Å². The standard InChI is InChI=1S/C11H9F2NO/c1-6(15)10-5-7-9(14(10)2)4-3-8(12)11(7)13/h3-5H,1-2H3/i1D3,5D. The van der Waals surface area contributed by atoms with Gasteiger partial charge in [-0.25, -0.2) is 8.78 Å². The minimum atomic E-state index is -2.94. The third-order valence-electron chi connectivity index (χ3n) is 2.23. The summed E-state index contributed by atoms with van der Waals surface area (Å²) in [5.41, 5.74) is -0.365. The van der Waals surface area contributed by atoms with Crippen molar-refractivity contribution in [2.24, 2.45) is 7.05 Å². The highest BCUT2D eigenvalue weighted by molar-refractivity contribution is 5.98. The van der Waals surface area contributed by atoms with Crippen molar-refractivity contribution in [2.75, 3.05) is 0 Å². The molecule has 1 aromatic heterocycles. The van der Waals surface area contributed by atoms with Gasteiger partial charge in [-0.1, -0.05) is 0 Å². The number of nitrogens with zero attached hydrogens (tertiary/aromatic N) is 1. The Morgan fingerprint density at radius 1 is 1.53 bits per heavy atom. The predicted molar refractivity (Wildman–Crippen MR) is 52.8 cm³/mol. The van der Waals surface area contributed by atoms with Crippen LogP contribution in [-0.2, 0) is 7.05 Å². The molecule has 0 N–H and O–H groups in total. The normalized spacial score (nSPS) is 15.7. The number of Topliss-reactive ketones (excluding diaryl/α,β-unsaturated/α-hetero) is 1. The molecule has 0 unspecified atom stereocenters. The van der Waals surface area contributed by atoms with Crippen LogP contribution in [0.15, 0.2) is 18.2 Å². The molecule has 0 saturated carbocycles. The molecule has 1 aromatic carbocycles. The summed E-state index contributed by atoms with van der Waals surface area (Å²) in [6, 6.07) is 1.44. The highest BCUT2D eigenvalue weighted by atomic mass is 19.2. The highest BCUT2D eigenvalue weighted by Gasteiger charge is 2.14. The van der Waals surface area contributed by atoms with Crippen molar-refractivity contribution < 1.29 is 19.1 Å². The average Bonchev–Trinajstić information content (AvgIpc) is 2.54. The van der Waals surface area contributed by atoms with Gasteiger partial charge in [0, 0.05) is 23.4 Å². The monoisotopic (exact) mass is 213 g/mol. The molecule has 0 fully saturated rings. The summed E-state index contributed by atoms with van der Waals surface area (Å²) >= 11 is 0. The van der Waals surface area contributed by atoms with E-state index >= 15 is 0 Å². The van der Waals surface area contributed by atoms with Crippen LogP contribution in [-0.4, -0.2) is 10.4 Å². The van der Waals surface area contributed by atoms with Crippen LogP contribution >= 0.6 is 0 Å². The Kier molecular flexibility index (Phi) is 1.26. The number of carbonyl (C=O) groups excluding carboxylic acids is 1. The first kappa shape index (κ1) is 6.00. The molecule has 0 bridgehead atoms. The van der Waals surface area contributed by atoms with E-state index in [2.05, 4.69) is 0 Å². The van der Waals surface area contributed by atoms with Crippen LogP contribution in [0.25, 0.3) is 10.9 Å². The Labute approximate surface area is 90.7 Å². The third-order valence-corrected chi connectivity index (χ3v) is 2.23. The van der Waals surface area contributed by atoms with Gasteiger partial charge in [0.1, 0.15) is 0 Å². The van der Waals surface area contributed by atoms with Crippen LogP contribution in [0, 0.1) is 11.6 Å². The highest BCUT2D eigenvalue weighted by Crippen LogP contribution is 2.23. The fourth-order valence-electron chi connectivity index (χ4n) is 1.47. The van der Waals surface area contributed by atoms with E-state index in [1.54, 1.807) is 0 Å². The van der Waals surface area contributed by atoms with Crippen molar-refractivity contribution in [1.82, 2.24) is 4.57 Å². The maximum Gasteiger partial charge on any atom is 0.176 e. The molecule has 0 aliphatic heterocycles. The first-order valence-corrected chi connectivity index (χ1v) is 4.14. The molecule has 1 heterocycles. The van der Waals surface area contributed by atoms with E-state index < -0.39 is 41.4 Å². The van der Waals surface area contributed by atoms with E-state index in [1.165, 1.54) is 13.1 Å². The lowest BCUT2D eigenvalue weighted by molar-refractivity contribution is 0.101. The minimum absolute atomic E-state index is 0.0940.